The molecule has 2 N–H and O–H groups in total. The molecule has 0 saturated heterocycles. The van der Waals surface area contributed by atoms with Crippen LogP contribution in [0.3, 0.4) is 0 Å². The molecule has 0 fully saturated rings. The summed E-state index contributed by atoms with van der Waals surface area (Å²) in [7, 11) is 0. The van der Waals surface area contributed by atoms with Crippen molar-refractivity contribution in [2.75, 3.05) is 0 Å². The van der Waals surface area contributed by atoms with Gasteiger partial charge in [-0.3, -0.25) is 0 Å². The van der Waals surface area contributed by atoms with Crippen LogP contribution < -0.4 is 0 Å². The Bertz CT molecular complexity index is 518. The van der Waals surface area contributed by atoms with Gasteiger partial charge in [-0.15, -0.1) is 12.6 Å². The van der Waals surface area contributed by atoms with E-state index in [0.717, 1.165) is 10.3 Å². The van der Waals surface area contributed by atoms with Crippen molar-refractivity contribution in [2.24, 2.45) is 0 Å². The Morgan fingerprint density at radius 2 is 2.08 bits per heavy atom. The minimum absolute atomic E-state index is 0.194. The van der Waals surface area contributed by atoms with Gasteiger partial charge in [-0.05, 0) is 18.2 Å². The van der Waals surface area contributed by atoms with Crippen molar-refractivity contribution in [1.29, 1.82) is 0 Å². The van der Waals surface area contributed by atoms with E-state index in [2.05, 4.69) is 17.6 Å². The quantitative estimate of drug-likeness (QED) is 0.461. The molecule has 0 atom stereocenters. The second-order valence-corrected chi connectivity index (χ2v) is 3.62. The van der Waals surface area contributed by atoms with E-state index in [1.807, 2.05) is 0 Å². The summed E-state index contributed by atoms with van der Waals surface area (Å²) in [6.45, 7) is 0. The Kier molecular flexibility index (Phi) is 2.01. The van der Waals surface area contributed by atoms with Crippen LogP contribution in [0.15, 0.2) is 29.3 Å². The molecule has 0 aliphatic carbocycles. The fourth-order valence-corrected chi connectivity index (χ4v) is 1.92. The van der Waals surface area contributed by atoms with Crippen LogP contribution in [-0.2, 0) is 0 Å². The van der Waals surface area contributed by atoms with Gasteiger partial charge in [0.05, 0.1) is 5.52 Å². The summed E-state index contributed by atoms with van der Waals surface area (Å²) < 4.78 is 0.689. The summed E-state index contributed by atoms with van der Waals surface area (Å²) in [6.07, 6.45) is 1.71. The molecule has 0 bridgehead atoms. The number of hydrogen-bond acceptors (Lipinski definition) is 3. The summed E-state index contributed by atoms with van der Waals surface area (Å²) in [5, 5.41) is 10.3. The van der Waals surface area contributed by atoms with Crippen LogP contribution >= 0.6 is 24.8 Å². The topological polar surface area (TPSA) is 36.0 Å². The van der Waals surface area contributed by atoms with E-state index in [1.54, 1.807) is 24.4 Å². The molecule has 1 heterocycles. The summed E-state index contributed by atoms with van der Waals surface area (Å²) >= 11 is 9.39. The molecule has 0 saturated carbocycles. The number of phenols is 1. The SMILES string of the molecule is Oc1ccc(S)c2c(=S)cc[nH]c12. The van der Waals surface area contributed by atoms with E-state index < -0.39 is 0 Å². The van der Waals surface area contributed by atoms with E-state index in [-0.39, 0.29) is 5.75 Å². The molecule has 0 aliphatic heterocycles. The zero-order valence-electron chi connectivity index (χ0n) is 6.61. The molecule has 0 aliphatic rings. The van der Waals surface area contributed by atoms with Gasteiger partial charge >= 0.3 is 0 Å². The molecule has 2 rings (SSSR count). The number of benzene rings is 1. The fraction of sp³-hybridized carbons (Fsp3) is 0. The predicted octanol–water partition coefficient (Wildman–Crippen LogP) is 2.89. The lowest BCUT2D eigenvalue weighted by Gasteiger charge is -2.02. The predicted molar refractivity (Wildman–Crippen MR) is 58.0 cm³/mol. The molecular weight excluding hydrogens is 202 g/mol. The van der Waals surface area contributed by atoms with Crippen molar-refractivity contribution in [3.63, 3.8) is 0 Å². The molecule has 0 unspecified atom stereocenters. The lowest BCUT2D eigenvalue weighted by Crippen LogP contribution is -1.81. The maximum atomic E-state index is 9.51. The van der Waals surface area contributed by atoms with Gasteiger partial charge in [-0.1, -0.05) is 12.2 Å². The Hall–Kier alpha value is -1.00. The first-order valence-electron chi connectivity index (χ1n) is 3.72. The minimum Gasteiger partial charge on any atom is -0.506 e. The van der Waals surface area contributed by atoms with Crippen LogP contribution in [0.25, 0.3) is 10.9 Å². The average molecular weight is 209 g/mol. The molecular formula is C9H7NOS2. The van der Waals surface area contributed by atoms with Gasteiger partial charge < -0.3 is 10.1 Å². The zero-order chi connectivity index (χ0) is 9.42. The third kappa shape index (κ3) is 1.32. The Morgan fingerprint density at radius 3 is 2.77 bits per heavy atom. The van der Waals surface area contributed by atoms with Gasteiger partial charge in [0, 0.05) is 21.0 Å². The molecule has 66 valence electrons. The lowest BCUT2D eigenvalue weighted by atomic mass is 10.2. The number of aromatic amines is 1. The maximum absolute atomic E-state index is 9.51. The molecule has 4 heteroatoms. The molecule has 1 aromatic heterocycles. The van der Waals surface area contributed by atoms with E-state index in [9.17, 15) is 5.11 Å². The summed E-state index contributed by atoms with van der Waals surface area (Å²) in [5.74, 6) is 0.194. The van der Waals surface area contributed by atoms with Gasteiger partial charge in [0.25, 0.3) is 0 Å². The van der Waals surface area contributed by atoms with Gasteiger partial charge in [-0.2, -0.15) is 0 Å². The highest BCUT2D eigenvalue weighted by Crippen LogP contribution is 2.28. The molecule has 0 spiro atoms. The largest absolute Gasteiger partial charge is 0.506 e. The highest BCUT2D eigenvalue weighted by Gasteiger charge is 2.03. The Labute approximate surface area is 85.6 Å². The number of hydrogen-bond donors (Lipinski definition) is 3. The van der Waals surface area contributed by atoms with E-state index in [1.165, 1.54) is 0 Å². The van der Waals surface area contributed by atoms with Crippen molar-refractivity contribution in [3.05, 3.63) is 28.9 Å². The second kappa shape index (κ2) is 3.05. The standard InChI is InChI=1S/C9H7NOS2/c11-5-1-2-6(12)8-7(13)3-4-10-9(5)8/h1-4,11-12H,(H,10,13). The molecule has 13 heavy (non-hydrogen) atoms. The van der Waals surface area contributed by atoms with Gasteiger partial charge in [-0.25, -0.2) is 0 Å². The smallest absolute Gasteiger partial charge is 0.139 e. The van der Waals surface area contributed by atoms with Crippen molar-refractivity contribution in [2.45, 2.75) is 4.90 Å². The first kappa shape index (κ1) is 8.59. The summed E-state index contributed by atoms with van der Waals surface area (Å²) in [6, 6.07) is 5.09. The van der Waals surface area contributed by atoms with Crippen LogP contribution in [0.2, 0.25) is 0 Å². The Balaban J connectivity index is 3.09. The Morgan fingerprint density at radius 1 is 1.31 bits per heavy atom. The maximum Gasteiger partial charge on any atom is 0.139 e. The van der Waals surface area contributed by atoms with Crippen LogP contribution in [0.5, 0.6) is 5.75 Å². The number of thiol groups is 1. The first-order chi connectivity index (χ1) is 6.20. The van der Waals surface area contributed by atoms with E-state index in [4.69, 9.17) is 12.2 Å². The lowest BCUT2D eigenvalue weighted by molar-refractivity contribution is 0.480. The van der Waals surface area contributed by atoms with Crippen molar-refractivity contribution >= 4 is 35.7 Å². The molecule has 1 aromatic carbocycles. The third-order valence-corrected chi connectivity index (χ3v) is 2.58. The number of aromatic nitrogens is 1. The number of rotatable bonds is 0. The highest BCUT2D eigenvalue weighted by atomic mass is 32.1. The van der Waals surface area contributed by atoms with Crippen molar-refractivity contribution in [1.82, 2.24) is 4.98 Å². The normalized spacial score (nSPS) is 10.5. The second-order valence-electron chi connectivity index (χ2n) is 2.70. The van der Waals surface area contributed by atoms with Crippen LogP contribution in [0.4, 0.5) is 0 Å². The number of nitrogens with one attached hydrogen (secondary N) is 1. The summed E-state index contributed by atoms with van der Waals surface area (Å²) in [5.41, 5.74) is 0.639. The number of H-pyrrole nitrogens is 1. The molecule has 0 radical (unpaired) electrons. The third-order valence-electron chi connectivity index (χ3n) is 1.87. The van der Waals surface area contributed by atoms with E-state index >= 15 is 0 Å². The monoisotopic (exact) mass is 209 g/mol. The van der Waals surface area contributed by atoms with Crippen LogP contribution in [-0.4, -0.2) is 10.1 Å². The average Bonchev–Trinajstić information content (AvgIpc) is 2.12. The number of fused-ring (bicyclic) bond motifs is 1. The number of aromatic hydroxyl groups is 1. The number of phenolic OH excluding ortho intramolecular Hbond substituents is 1. The van der Waals surface area contributed by atoms with E-state index in [0.29, 0.717) is 10.0 Å². The van der Waals surface area contributed by atoms with Crippen molar-refractivity contribution < 1.29 is 5.11 Å². The van der Waals surface area contributed by atoms with Gasteiger partial charge in [0.1, 0.15) is 5.75 Å². The van der Waals surface area contributed by atoms with Crippen LogP contribution in [0, 0.1) is 4.51 Å². The molecule has 0 amide bonds. The first-order valence-corrected chi connectivity index (χ1v) is 4.58. The number of pyridine rings is 1. The fourth-order valence-electron chi connectivity index (χ4n) is 1.26. The molecule has 2 nitrogen and oxygen atoms in total. The zero-order valence-corrected chi connectivity index (χ0v) is 8.32. The highest BCUT2D eigenvalue weighted by molar-refractivity contribution is 7.80. The van der Waals surface area contributed by atoms with Crippen molar-refractivity contribution in [3.8, 4) is 5.75 Å². The summed E-state index contributed by atoms with van der Waals surface area (Å²) in [4.78, 5) is 3.71. The van der Waals surface area contributed by atoms with Gasteiger partial charge in [0.2, 0.25) is 0 Å². The molecule has 2 aromatic rings. The minimum atomic E-state index is 0.194. The van der Waals surface area contributed by atoms with Gasteiger partial charge in [0.15, 0.2) is 0 Å². The van der Waals surface area contributed by atoms with Crippen LogP contribution in [0.1, 0.15) is 0 Å².